The minimum atomic E-state index is -0.0686. The zero-order valence-corrected chi connectivity index (χ0v) is 12.2. The highest BCUT2D eigenvalue weighted by Crippen LogP contribution is 2.29. The molecule has 1 aromatic rings. The number of aromatic hydroxyl groups is 1. The van der Waals surface area contributed by atoms with E-state index in [-0.39, 0.29) is 11.9 Å². The Morgan fingerprint density at radius 1 is 1.45 bits per heavy atom. The molecular weight excluding hydrogens is 254 g/mol. The predicted molar refractivity (Wildman–Crippen MR) is 78.8 cm³/mol. The van der Waals surface area contributed by atoms with Crippen molar-refractivity contribution in [3.8, 4) is 5.75 Å². The first-order chi connectivity index (χ1) is 9.60. The van der Waals surface area contributed by atoms with Gasteiger partial charge in [0.1, 0.15) is 5.75 Å². The van der Waals surface area contributed by atoms with Crippen LogP contribution in [-0.2, 0) is 9.53 Å². The Labute approximate surface area is 120 Å². The molecule has 0 aliphatic heterocycles. The quantitative estimate of drug-likeness (QED) is 0.655. The molecule has 4 heteroatoms. The van der Waals surface area contributed by atoms with Gasteiger partial charge in [-0.2, -0.15) is 0 Å². The van der Waals surface area contributed by atoms with Gasteiger partial charge in [-0.3, -0.25) is 4.79 Å². The van der Waals surface area contributed by atoms with Crippen LogP contribution in [0.4, 0.5) is 5.69 Å². The van der Waals surface area contributed by atoms with E-state index in [4.69, 9.17) is 4.74 Å². The van der Waals surface area contributed by atoms with Gasteiger partial charge in [-0.15, -0.1) is 0 Å². The minimum absolute atomic E-state index is 0.0133. The lowest BCUT2D eigenvalue weighted by Gasteiger charge is -2.29. The van der Waals surface area contributed by atoms with E-state index in [9.17, 15) is 9.90 Å². The van der Waals surface area contributed by atoms with Crippen molar-refractivity contribution >= 4 is 11.7 Å². The fraction of sp³-hybridized carbons (Fsp3) is 0.562. The second-order valence-electron chi connectivity index (χ2n) is 5.46. The highest BCUT2D eigenvalue weighted by Gasteiger charge is 2.28. The van der Waals surface area contributed by atoms with E-state index in [0.29, 0.717) is 18.4 Å². The third kappa shape index (κ3) is 3.65. The van der Waals surface area contributed by atoms with Gasteiger partial charge in [0.15, 0.2) is 0 Å². The number of anilines is 1. The number of esters is 1. The summed E-state index contributed by atoms with van der Waals surface area (Å²) in [6.07, 6.45) is 3.85. The maximum absolute atomic E-state index is 11.8. The molecule has 1 aliphatic rings. The number of carbonyl (C=O) groups is 1. The Bertz CT molecular complexity index is 473. The Balaban J connectivity index is 1.95. The number of nitrogens with one attached hydrogen (secondary N) is 1. The van der Waals surface area contributed by atoms with E-state index in [0.717, 1.165) is 36.9 Å². The smallest absolute Gasteiger partial charge is 0.308 e. The molecule has 0 heterocycles. The molecule has 1 aliphatic carbocycles. The molecule has 0 spiro atoms. The third-order valence-corrected chi connectivity index (χ3v) is 3.86. The molecule has 1 fully saturated rings. The maximum Gasteiger partial charge on any atom is 0.308 e. The first-order valence-electron chi connectivity index (χ1n) is 7.33. The van der Waals surface area contributed by atoms with Crippen molar-refractivity contribution < 1.29 is 14.6 Å². The maximum atomic E-state index is 11.8. The summed E-state index contributed by atoms with van der Waals surface area (Å²) < 4.78 is 5.11. The number of phenols is 1. The first-order valence-corrected chi connectivity index (χ1v) is 7.33. The molecule has 0 radical (unpaired) electrons. The summed E-state index contributed by atoms with van der Waals surface area (Å²) in [5, 5.41) is 13.0. The van der Waals surface area contributed by atoms with Crippen molar-refractivity contribution in [2.24, 2.45) is 5.92 Å². The highest BCUT2D eigenvalue weighted by molar-refractivity contribution is 5.72. The van der Waals surface area contributed by atoms with Gasteiger partial charge in [-0.25, -0.2) is 0 Å². The Morgan fingerprint density at radius 2 is 2.25 bits per heavy atom. The van der Waals surface area contributed by atoms with E-state index >= 15 is 0 Å². The van der Waals surface area contributed by atoms with Gasteiger partial charge in [0.2, 0.25) is 0 Å². The summed E-state index contributed by atoms with van der Waals surface area (Å²) in [6.45, 7) is 4.17. The Morgan fingerprint density at radius 3 is 2.95 bits per heavy atom. The van der Waals surface area contributed by atoms with Crippen LogP contribution in [0.5, 0.6) is 5.75 Å². The number of ether oxygens (including phenoxy) is 1. The lowest BCUT2D eigenvalue weighted by molar-refractivity contribution is -0.149. The van der Waals surface area contributed by atoms with Crippen LogP contribution in [-0.4, -0.2) is 23.7 Å². The first kappa shape index (κ1) is 14.7. The van der Waals surface area contributed by atoms with E-state index in [2.05, 4.69) is 5.32 Å². The fourth-order valence-electron chi connectivity index (χ4n) is 2.78. The largest absolute Gasteiger partial charge is 0.508 e. The lowest BCUT2D eigenvalue weighted by atomic mass is 9.85. The second kappa shape index (κ2) is 6.64. The monoisotopic (exact) mass is 277 g/mol. The molecule has 2 unspecified atom stereocenters. The van der Waals surface area contributed by atoms with Gasteiger partial charge in [-0.05, 0) is 56.9 Å². The fourth-order valence-corrected chi connectivity index (χ4v) is 2.78. The summed E-state index contributed by atoms with van der Waals surface area (Å²) >= 11 is 0. The SMILES string of the molecule is CCOC(=O)C1CCCC(Nc2ccc(O)c(C)c2)C1. The number of hydrogen-bond acceptors (Lipinski definition) is 4. The number of phenolic OH excluding ortho intramolecular Hbond substituents is 1. The van der Waals surface area contributed by atoms with Crippen LogP contribution >= 0.6 is 0 Å². The molecule has 0 saturated heterocycles. The number of benzene rings is 1. The van der Waals surface area contributed by atoms with Crippen LogP contribution in [0.25, 0.3) is 0 Å². The summed E-state index contributed by atoms with van der Waals surface area (Å²) in [5.74, 6) is 0.254. The number of rotatable bonds is 4. The molecule has 110 valence electrons. The van der Waals surface area contributed by atoms with Crippen molar-refractivity contribution in [2.45, 2.75) is 45.6 Å². The molecule has 2 atom stereocenters. The van der Waals surface area contributed by atoms with Crippen LogP contribution in [0.15, 0.2) is 18.2 Å². The van der Waals surface area contributed by atoms with Gasteiger partial charge >= 0.3 is 5.97 Å². The van der Waals surface area contributed by atoms with E-state index < -0.39 is 0 Å². The number of hydrogen-bond donors (Lipinski definition) is 2. The van der Waals surface area contributed by atoms with Crippen molar-refractivity contribution in [2.75, 3.05) is 11.9 Å². The van der Waals surface area contributed by atoms with Gasteiger partial charge in [0, 0.05) is 11.7 Å². The molecule has 0 bridgehead atoms. The topological polar surface area (TPSA) is 58.6 Å². The van der Waals surface area contributed by atoms with Crippen LogP contribution in [0.3, 0.4) is 0 Å². The zero-order chi connectivity index (χ0) is 14.5. The predicted octanol–water partition coefficient (Wildman–Crippen LogP) is 3.23. The second-order valence-corrected chi connectivity index (χ2v) is 5.46. The normalized spacial score (nSPS) is 22.3. The summed E-state index contributed by atoms with van der Waals surface area (Å²) in [7, 11) is 0. The molecular formula is C16H23NO3. The molecule has 0 amide bonds. The molecule has 2 rings (SSSR count). The average Bonchev–Trinajstić information content (AvgIpc) is 2.43. The van der Waals surface area contributed by atoms with E-state index in [1.807, 2.05) is 26.0 Å². The summed E-state index contributed by atoms with van der Waals surface area (Å²) in [4.78, 5) is 11.8. The highest BCUT2D eigenvalue weighted by atomic mass is 16.5. The molecule has 1 saturated carbocycles. The zero-order valence-electron chi connectivity index (χ0n) is 12.2. The van der Waals surface area contributed by atoms with Crippen LogP contribution in [0, 0.1) is 12.8 Å². The van der Waals surface area contributed by atoms with Crippen molar-refractivity contribution in [3.63, 3.8) is 0 Å². The van der Waals surface area contributed by atoms with Gasteiger partial charge < -0.3 is 15.2 Å². The lowest BCUT2D eigenvalue weighted by Crippen LogP contribution is -2.32. The molecule has 2 N–H and O–H groups in total. The Hall–Kier alpha value is -1.71. The third-order valence-electron chi connectivity index (χ3n) is 3.86. The molecule has 20 heavy (non-hydrogen) atoms. The van der Waals surface area contributed by atoms with Crippen LogP contribution in [0.2, 0.25) is 0 Å². The van der Waals surface area contributed by atoms with Crippen LogP contribution in [0.1, 0.15) is 38.2 Å². The van der Waals surface area contributed by atoms with Crippen molar-refractivity contribution in [1.82, 2.24) is 0 Å². The number of aryl methyl sites for hydroxylation is 1. The molecule has 1 aromatic carbocycles. The summed E-state index contributed by atoms with van der Waals surface area (Å²) in [5.41, 5.74) is 1.85. The standard InChI is InChI=1S/C16H23NO3/c1-3-20-16(19)12-5-4-6-13(10-12)17-14-7-8-15(18)11(2)9-14/h7-9,12-13,17-18H,3-6,10H2,1-2H3. The molecule has 4 nitrogen and oxygen atoms in total. The van der Waals surface area contributed by atoms with Gasteiger partial charge in [0.25, 0.3) is 0 Å². The molecule has 0 aromatic heterocycles. The average molecular weight is 277 g/mol. The van der Waals surface area contributed by atoms with E-state index in [1.165, 1.54) is 0 Å². The van der Waals surface area contributed by atoms with Gasteiger partial charge in [0.05, 0.1) is 12.5 Å². The Kier molecular flexibility index (Phi) is 4.88. The van der Waals surface area contributed by atoms with Gasteiger partial charge in [-0.1, -0.05) is 6.42 Å². The van der Waals surface area contributed by atoms with Crippen LogP contribution < -0.4 is 5.32 Å². The number of carbonyl (C=O) groups excluding carboxylic acids is 1. The summed E-state index contributed by atoms with van der Waals surface area (Å²) in [6, 6.07) is 5.80. The van der Waals surface area contributed by atoms with Crippen molar-refractivity contribution in [1.29, 1.82) is 0 Å². The van der Waals surface area contributed by atoms with Crippen molar-refractivity contribution in [3.05, 3.63) is 23.8 Å². The minimum Gasteiger partial charge on any atom is -0.508 e. The van der Waals surface area contributed by atoms with E-state index in [1.54, 1.807) is 6.07 Å².